The number of carbonyl (C=O) groups excluding carboxylic acids is 1. The lowest BCUT2D eigenvalue weighted by Crippen LogP contribution is -2.12. The molecular weight excluding hydrogens is 281 g/mol. The molecule has 1 aromatic carbocycles. The number of carbonyl (C=O) groups is 1. The second-order valence-corrected chi connectivity index (χ2v) is 5.52. The van der Waals surface area contributed by atoms with Crippen LogP contribution in [0.3, 0.4) is 0 Å². The lowest BCUT2D eigenvalue weighted by atomic mass is 9.99. The van der Waals surface area contributed by atoms with E-state index in [0.29, 0.717) is 35.1 Å². The average Bonchev–Trinajstić information content (AvgIpc) is 2.48. The van der Waals surface area contributed by atoms with Gasteiger partial charge in [0.15, 0.2) is 0 Å². The number of fused-ring (bicyclic) bond motifs is 1. The third-order valence-electron chi connectivity index (χ3n) is 3.88. The summed E-state index contributed by atoms with van der Waals surface area (Å²) in [5.74, 6) is -0.725. The molecule has 1 aromatic heterocycles. The summed E-state index contributed by atoms with van der Waals surface area (Å²) in [4.78, 5) is 17.0. The second-order valence-electron chi connectivity index (χ2n) is 5.52. The third kappa shape index (κ3) is 3.11. The highest BCUT2D eigenvalue weighted by atomic mass is 19.1. The van der Waals surface area contributed by atoms with Crippen LogP contribution in [0.4, 0.5) is 4.39 Å². The molecule has 118 valence electrons. The number of aromatic nitrogens is 1. The van der Waals surface area contributed by atoms with Crippen molar-refractivity contribution in [2.24, 2.45) is 0 Å². The van der Waals surface area contributed by atoms with Gasteiger partial charge in [-0.05, 0) is 49.9 Å². The molecule has 0 atom stereocenters. The molecule has 0 bridgehead atoms. The van der Waals surface area contributed by atoms with Crippen molar-refractivity contribution in [1.82, 2.24) is 4.98 Å². The molecule has 0 aliphatic heterocycles. The van der Waals surface area contributed by atoms with E-state index in [1.807, 2.05) is 20.8 Å². The summed E-state index contributed by atoms with van der Waals surface area (Å²) in [7, 11) is 0. The van der Waals surface area contributed by atoms with E-state index in [-0.39, 0.29) is 5.82 Å². The summed E-state index contributed by atoms with van der Waals surface area (Å²) in [6.07, 6.45) is 2.49. The van der Waals surface area contributed by atoms with Crippen LogP contribution in [0.1, 0.15) is 53.9 Å². The summed E-state index contributed by atoms with van der Waals surface area (Å²) in [5, 5.41) is 0.527. The number of ether oxygens (including phenoxy) is 1. The molecule has 2 aromatic rings. The van der Waals surface area contributed by atoms with Gasteiger partial charge < -0.3 is 4.74 Å². The predicted octanol–water partition coefficient (Wildman–Crippen LogP) is 4.51. The number of aryl methyl sites for hydroxylation is 2. The zero-order valence-corrected chi connectivity index (χ0v) is 13.6. The standard InChI is InChI=1S/C18H22FNO2/c1-5-7-8-22-18(21)17-12(4)15(6-2)20-16-9-11(3)14(19)10-13(16)17/h9-10H,5-8H2,1-4H3. The lowest BCUT2D eigenvalue weighted by Gasteiger charge is -2.14. The van der Waals surface area contributed by atoms with E-state index >= 15 is 0 Å². The van der Waals surface area contributed by atoms with Crippen LogP contribution in [0, 0.1) is 19.7 Å². The molecule has 0 unspecified atom stereocenters. The van der Waals surface area contributed by atoms with Crippen molar-refractivity contribution in [3.05, 3.63) is 40.3 Å². The van der Waals surface area contributed by atoms with Crippen LogP contribution < -0.4 is 0 Å². The highest BCUT2D eigenvalue weighted by molar-refractivity contribution is 6.05. The Morgan fingerprint density at radius 1 is 1.27 bits per heavy atom. The van der Waals surface area contributed by atoms with Gasteiger partial charge in [0, 0.05) is 11.1 Å². The zero-order valence-electron chi connectivity index (χ0n) is 13.6. The molecule has 0 amide bonds. The number of rotatable bonds is 5. The Kier molecular flexibility index (Phi) is 5.11. The zero-order chi connectivity index (χ0) is 16.3. The van der Waals surface area contributed by atoms with Gasteiger partial charge in [-0.25, -0.2) is 9.18 Å². The van der Waals surface area contributed by atoms with Crippen molar-refractivity contribution >= 4 is 16.9 Å². The SMILES string of the molecule is CCCCOC(=O)c1c(C)c(CC)nc2cc(C)c(F)cc12. The molecule has 2 rings (SSSR count). The van der Waals surface area contributed by atoms with E-state index < -0.39 is 5.97 Å². The summed E-state index contributed by atoms with van der Waals surface area (Å²) in [6, 6.07) is 3.08. The fourth-order valence-corrected chi connectivity index (χ4v) is 2.52. The lowest BCUT2D eigenvalue weighted by molar-refractivity contribution is 0.0501. The number of nitrogens with zero attached hydrogens (tertiary/aromatic N) is 1. The van der Waals surface area contributed by atoms with Gasteiger partial charge in [-0.3, -0.25) is 4.98 Å². The van der Waals surface area contributed by atoms with Crippen LogP contribution in [-0.2, 0) is 11.2 Å². The molecule has 0 radical (unpaired) electrons. The molecule has 0 N–H and O–H groups in total. The molecule has 0 saturated heterocycles. The number of esters is 1. The molecule has 0 spiro atoms. The van der Waals surface area contributed by atoms with Crippen molar-refractivity contribution in [1.29, 1.82) is 0 Å². The highest BCUT2D eigenvalue weighted by Gasteiger charge is 2.19. The first-order valence-electron chi connectivity index (χ1n) is 7.76. The number of hydrogen-bond acceptors (Lipinski definition) is 3. The Labute approximate surface area is 130 Å². The number of halogens is 1. The minimum absolute atomic E-state index is 0.333. The molecule has 3 nitrogen and oxygen atoms in total. The van der Waals surface area contributed by atoms with Gasteiger partial charge in [-0.2, -0.15) is 0 Å². The van der Waals surface area contributed by atoms with E-state index in [4.69, 9.17) is 4.74 Å². The van der Waals surface area contributed by atoms with Gasteiger partial charge in [0.05, 0.1) is 17.7 Å². The smallest absolute Gasteiger partial charge is 0.339 e. The minimum atomic E-state index is -0.392. The maximum absolute atomic E-state index is 13.9. The topological polar surface area (TPSA) is 39.2 Å². The van der Waals surface area contributed by atoms with Crippen molar-refractivity contribution < 1.29 is 13.9 Å². The van der Waals surface area contributed by atoms with E-state index in [2.05, 4.69) is 4.98 Å². The first kappa shape index (κ1) is 16.4. The van der Waals surface area contributed by atoms with Gasteiger partial charge >= 0.3 is 5.97 Å². The van der Waals surface area contributed by atoms with Gasteiger partial charge in [-0.15, -0.1) is 0 Å². The summed E-state index contributed by atoms with van der Waals surface area (Å²) >= 11 is 0. The molecule has 1 heterocycles. The maximum Gasteiger partial charge on any atom is 0.339 e. The predicted molar refractivity (Wildman–Crippen MR) is 85.7 cm³/mol. The van der Waals surface area contributed by atoms with Crippen LogP contribution in [0.2, 0.25) is 0 Å². The summed E-state index contributed by atoms with van der Waals surface area (Å²) in [5.41, 5.74) is 3.23. The van der Waals surface area contributed by atoms with Crippen molar-refractivity contribution in [2.45, 2.75) is 47.0 Å². The van der Waals surface area contributed by atoms with Gasteiger partial charge in [-0.1, -0.05) is 20.3 Å². The number of unbranched alkanes of at least 4 members (excludes halogenated alkanes) is 1. The quantitative estimate of drug-likeness (QED) is 0.602. The van der Waals surface area contributed by atoms with Crippen LogP contribution in [0.5, 0.6) is 0 Å². The Bertz CT molecular complexity index is 710. The number of pyridine rings is 1. The van der Waals surface area contributed by atoms with Crippen LogP contribution in [0.15, 0.2) is 12.1 Å². The van der Waals surface area contributed by atoms with Gasteiger partial charge in [0.2, 0.25) is 0 Å². The first-order chi connectivity index (χ1) is 10.5. The second kappa shape index (κ2) is 6.86. The van der Waals surface area contributed by atoms with Crippen molar-refractivity contribution in [3.63, 3.8) is 0 Å². The van der Waals surface area contributed by atoms with Crippen molar-refractivity contribution in [3.8, 4) is 0 Å². The molecule has 22 heavy (non-hydrogen) atoms. The van der Waals surface area contributed by atoms with Crippen molar-refractivity contribution in [2.75, 3.05) is 6.61 Å². The molecular formula is C18H22FNO2. The van der Waals surface area contributed by atoms with E-state index in [1.54, 1.807) is 13.0 Å². The molecule has 0 aliphatic rings. The first-order valence-corrected chi connectivity index (χ1v) is 7.76. The normalized spacial score (nSPS) is 11.0. The van der Waals surface area contributed by atoms with Crippen LogP contribution >= 0.6 is 0 Å². The number of benzene rings is 1. The molecule has 4 heteroatoms. The molecule has 0 saturated carbocycles. The Balaban J connectivity index is 2.60. The summed E-state index contributed by atoms with van der Waals surface area (Å²) < 4.78 is 19.3. The summed E-state index contributed by atoms with van der Waals surface area (Å²) in [6.45, 7) is 7.95. The largest absolute Gasteiger partial charge is 0.462 e. The maximum atomic E-state index is 13.9. The van der Waals surface area contributed by atoms with Crippen LogP contribution in [0.25, 0.3) is 10.9 Å². The van der Waals surface area contributed by atoms with Gasteiger partial charge in [0.1, 0.15) is 5.82 Å². The van der Waals surface area contributed by atoms with Crippen LogP contribution in [-0.4, -0.2) is 17.6 Å². The molecule has 0 aliphatic carbocycles. The van der Waals surface area contributed by atoms with Gasteiger partial charge in [0.25, 0.3) is 0 Å². The third-order valence-corrected chi connectivity index (χ3v) is 3.88. The Hall–Kier alpha value is -1.97. The Morgan fingerprint density at radius 2 is 2.00 bits per heavy atom. The fraction of sp³-hybridized carbons (Fsp3) is 0.444. The minimum Gasteiger partial charge on any atom is -0.462 e. The number of hydrogen-bond donors (Lipinski definition) is 0. The Morgan fingerprint density at radius 3 is 2.64 bits per heavy atom. The monoisotopic (exact) mass is 303 g/mol. The highest BCUT2D eigenvalue weighted by Crippen LogP contribution is 2.26. The van der Waals surface area contributed by atoms with E-state index in [1.165, 1.54) is 6.07 Å². The van der Waals surface area contributed by atoms with E-state index in [0.717, 1.165) is 24.1 Å². The molecule has 0 fully saturated rings. The fourth-order valence-electron chi connectivity index (χ4n) is 2.52. The van der Waals surface area contributed by atoms with E-state index in [9.17, 15) is 9.18 Å². The average molecular weight is 303 g/mol.